The highest BCUT2D eigenvalue weighted by molar-refractivity contribution is 5.97. The average Bonchev–Trinajstić information content (AvgIpc) is 3.03. The Morgan fingerprint density at radius 3 is 2.83 bits per heavy atom. The number of hydrogen-bond donors (Lipinski definition) is 2. The fourth-order valence-electron chi connectivity index (χ4n) is 3.58. The first kappa shape index (κ1) is 17.2. The highest BCUT2D eigenvalue weighted by Crippen LogP contribution is 2.27. The van der Waals surface area contributed by atoms with Gasteiger partial charge < -0.3 is 20.2 Å². The summed E-state index contributed by atoms with van der Waals surface area (Å²) < 4.78 is 0. The molecule has 0 aliphatic carbocycles. The topological polar surface area (TPSA) is 51.1 Å². The number of para-hydroxylation sites is 1. The number of likely N-dealkylation sites (tertiary alicyclic amines) is 1. The summed E-state index contributed by atoms with van der Waals surface area (Å²) in [6.07, 6.45) is 3.90. The van der Waals surface area contributed by atoms with Gasteiger partial charge in [-0.2, -0.15) is 0 Å². The van der Waals surface area contributed by atoms with E-state index in [1.165, 1.54) is 11.3 Å². The van der Waals surface area contributed by atoms with Crippen LogP contribution >= 0.6 is 0 Å². The Balaban J connectivity index is 1.53. The van der Waals surface area contributed by atoms with Gasteiger partial charge in [-0.3, -0.25) is 4.99 Å². The number of benzene rings is 1. The van der Waals surface area contributed by atoms with Crippen LogP contribution in [0.1, 0.15) is 31.7 Å². The van der Waals surface area contributed by atoms with Gasteiger partial charge in [0.25, 0.3) is 0 Å². The average molecular weight is 330 g/mol. The van der Waals surface area contributed by atoms with Crippen molar-refractivity contribution in [2.24, 2.45) is 4.99 Å². The van der Waals surface area contributed by atoms with E-state index >= 15 is 0 Å². The summed E-state index contributed by atoms with van der Waals surface area (Å²) in [7, 11) is 0. The van der Waals surface area contributed by atoms with Crippen LogP contribution in [0.3, 0.4) is 0 Å². The van der Waals surface area contributed by atoms with Gasteiger partial charge in [0.05, 0.1) is 6.10 Å². The lowest BCUT2D eigenvalue weighted by Gasteiger charge is -2.29. The van der Waals surface area contributed by atoms with E-state index in [-0.39, 0.29) is 6.10 Å². The maximum absolute atomic E-state index is 9.57. The third-order valence-electron chi connectivity index (χ3n) is 4.93. The van der Waals surface area contributed by atoms with Gasteiger partial charge in [0.2, 0.25) is 0 Å². The van der Waals surface area contributed by atoms with Crippen molar-refractivity contribution in [2.45, 2.75) is 38.7 Å². The quantitative estimate of drug-likeness (QED) is 0.492. The van der Waals surface area contributed by atoms with Crippen LogP contribution in [0.15, 0.2) is 29.3 Å². The Morgan fingerprint density at radius 2 is 2.04 bits per heavy atom. The van der Waals surface area contributed by atoms with Crippen LogP contribution in [0.5, 0.6) is 0 Å². The molecule has 0 atom stereocenters. The number of fused-ring (bicyclic) bond motifs is 1. The maximum Gasteiger partial charge on any atom is 0.198 e. The lowest BCUT2D eigenvalue weighted by Crippen LogP contribution is -2.41. The van der Waals surface area contributed by atoms with Crippen molar-refractivity contribution >= 4 is 11.6 Å². The van der Waals surface area contributed by atoms with Crippen molar-refractivity contribution in [3.05, 3.63) is 29.8 Å². The van der Waals surface area contributed by atoms with E-state index in [4.69, 9.17) is 4.99 Å². The summed E-state index contributed by atoms with van der Waals surface area (Å²) in [4.78, 5) is 9.61. The van der Waals surface area contributed by atoms with Crippen LogP contribution in [0.2, 0.25) is 0 Å². The Hall–Kier alpha value is -1.59. The molecule has 5 nitrogen and oxygen atoms in total. The third-order valence-corrected chi connectivity index (χ3v) is 4.93. The standard InChI is InChI=1S/C19H30N4O/c1-2-20-19(23-15-8-16-6-3-4-7-18(16)23)21-11-5-12-22-13-9-17(24)10-14-22/h3-4,6-7,17,24H,2,5,8-15H2,1H3,(H,20,21). The number of rotatable bonds is 5. The zero-order chi connectivity index (χ0) is 16.8. The second-order valence-electron chi connectivity index (χ2n) is 6.69. The molecule has 2 aliphatic rings. The number of aliphatic hydroxyl groups excluding tert-OH is 1. The van der Waals surface area contributed by atoms with Crippen molar-refractivity contribution in [2.75, 3.05) is 44.2 Å². The molecular weight excluding hydrogens is 300 g/mol. The predicted octanol–water partition coefficient (Wildman–Crippen LogP) is 1.86. The molecule has 5 heteroatoms. The monoisotopic (exact) mass is 330 g/mol. The molecule has 0 unspecified atom stereocenters. The van der Waals surface area contributed by atoms with E-state index in [1.807, 2.05) is 0 Å². The van der Waals surface area contributed by atoms with Crippen LogP contribution in [0.25, 0.3) is 0 Å². The molecule has 2 aliphatic heterocycles. The molecule has 0 spiro atoms. The van der Waals surface area contributed by atoms with Crippen LogP contribution in [-0.4, -0.2) is 61.3 Å². The number of anilines is 1. The molecule has 1 saturated heterocycles. The molecule has 1 aromatic carbocycles. The molecule has 0 aromatic heterocycles. The summed E-state index contributed by atoms with van der Waals surface area (Å²) >= 11 is 0. The van der Waals surface area contributed by atoms with Crippen LogP contribution in [-0.2, 0) is 6.42 Å². The van der Waals surface area contributed by atoms with Crippen molar-refractivity contribution in [3.8, 4) is 0 Å². The Morgan fingerprint density at radius 1 is 1.25 bits per heavy atom. The van der Waals surface area contributed by atoms with Crippen LogP contribution < -0.4 is 10.2 Å². The minimum absolute atomic E-state index is 0.0881. The van der Waals surface area contributed by atoms with Gasteiger partial charge in [-0.1, -0.05) is 18.2 Å². The van der Waals surface area contributed by atoms with E-state index in [0.717, 1.165) is 70.9 Å². The number of piperidine rings is 1. The first-order chi connectivity index (χ1) is 11.8. The Bertz CT molecular complexity index is 552. The Labute approximate surface area is 145 Å². The highest BCUT2D eigenvalue weighted by atomic mass is 16.3. The van der Waals surface area contributed by atoms with E-state index in [0.29, 0.717) is 0 Å². The van der Waals surface area contributed by atoms with E-state index in [1.54, 1.807) is 0 Å². The van der Waals surface area contributed by atoms with Crippen molar-refractivity contribution in [1.29, 1.82) is 0 Å². The molecule has 1 aromatic rings. The minimum atomic E-state index is -0.0881. The molecular formula is C19H30N4O. The molecule has 0 radical (unpaired) electrons. The number of aliphatic imine (C=N–C) groups is 1. The molecule has 3 rings (SSSR count). The summed E-state index contributed by atoms with van der Waals surface area (Å²) in [5, 5.41) is 13.0. The lowest BCUT2D eigenvalue weighted by molar-refractivity contribution is 0.0824. The molecule has 0 amide bonds. The highest BCUT2D eigenvalue weighted by Gasteiger charge is 2.22. The second-order valence-corrected chi connectivity index (χ2v) is 6.69. The van der Waals surface area contributed by atoms with E-state index in [9.17, 15) is 5.11 Å². The van der Waals surface area contributed by atoms with Crippen molar-refractivity contribution < 1.29 is 5.11 Å². The van der Waals surface area contributed by atoms with E-state index < -0.39 is 0 Å². The first-order valence-corrected chi connectivity index (χ1v) is 9.32. The number of nitrogens with zero attached hydrogens (tertiary/aromatic N) is 3. The summed E-state index contributed by atoms with van der Waals surface area (Å²) in [6, 6.07) is 8.62. The van der Waals surface area contributed by atoms with Gasteiger partial charge in [0, 0.05) is 38.4 Å². The molecule has 2 N–H and O–H groups in total. The zero-order valence-electron chi connectivity index (χ0n) is 14.7. The normalized spacial score (nSPS) is 19.6. The number of guanidine groups is 1. The third kappa shape index (κ3) is 4.28. The van der Waals surface area contributed by atoms with Crippen molar-refractivity contribution in [3.63, 3.8) is 0 Å². The fourth-order valence-corrected chi connectivity index (χ4v) is 3.58. The molecule has 0 saturated carbocycles. The number of nitrogens with one attached hydrogen (secondary N) is 1. The largest absolute Gasteiger partial charge is 0.393 e. The SMILES string of the molecule is CCNC(=NCCCN1CCC(O)CC1)N1CCc2ccccc21. The molecule has 0 bridgehead atoms. The summed E-state index contributed by atoms with van der Waals surface area (Å²) in [5.41, 5.74) is 2.71. The first-order valence-electron chi connectivity index (χ1n) is 9.32. The zero-order valence-corrected chi connectivity index (χ0v) is 14.7. The van der Waals surface area contributed by atoms with Gasteiger partial charge in [0.1, 0.15) is 0 Å². The lowest BCUT2D eigenvalue weighted by atomic mass is 10.1. The summed E-state index contributed by atoms with van der Waals surface area (Å²) in [6.45, 7) is 7.98. The molecule has 132 valence electrons. The predicted molar refractivity (Wildman–Crippen MR) is 99.8 cm³/mol. The van der Waals surface area contributed by atoms with Gasteiger partial charge in [-0.25, -0.2) is 0 Å². The van der Waals surface area contributed by atoms with Crippen LogP contribution in [0, 0.1) is 0 Å². The van der Waals surface area contributed by atoms with Gasteiger partial charge in [-0.05, 0) is 50.8 Å². The Kier molecular flexibility index (Phi) is 6.10. The number of aliphatic hydroxyl groups is 1. The fraction of sp³-hybridized carbons (Fsp3) is 0.632. The molecule has 24 heavy (non-hydrogen) atoms. The molecule has 2 heterocycles. The van der Waals surface area contributed by atoms with Gasteiger partial charge in [0.15, 0.2) is 5.96 Å². The minimum Gasteiger partial charge on any atom is -0.393 e. The van der Waals surface area contributed by atoms with Crippen LogP contribution in [0.4, 0.5) is 5.69 Å². The van der Waals surface area contributed by atoms with Crippen molar-refractivity contribution in [1.82, 2.24) is 10.2 Å². The summed E-state index contributed by atoms with van der Waals surface area (Å²) in [5.74, 6) is 1.01. The van der Waals surface area contributed by atoms with E-state index in [2.05, 4.69) is 46.3 Å². The van der Waals surface area contributed by atoms with Gasteiger partial charge in [-0.15, -0.1) is 0 Å². The maximum atomic E-state index is 9.57. The second kappa shape index (κ2) is 8.49. The molecule has 1 fully saturated rings. The number of hydrogen-bond acceptors (Lipinski definition) is 3. The van der Waals surface area contributed by atoms with Gasteiger partial charge >= 0.3 is 0 Å². The smallest absolute Gasteiger partial charge is 0.198 e.